The lowest BCUT2D eigenvalue weighted by molar-refractivity contribution is -0.145. The van der Waals surface area contributed by atoms with E-state index in [0.717, 1.165) is 0 Å². The molecule has 0 bridgehead atoms. The van der Waals surface area contributed by atoms with E-state index in [9.17, 15) is 29.4 Å². The summed E-state index contributed by atoms with van der Waals surface area (Å²) in [4.78, 5) is 54.4. The second-order valence-corrected chi connectivity index (χ2v) is 9.56. The molecule has 1 rings (SSSR count). The number of nitrogens with two attached hydrogens (primary N) is 3. The van der Waals surface area contributed by atoms with Gasteiger partial charge in [-0.15, -0.1) is 0 Å². The van der Waals surface area contributed by atoms with Gasteiger partial charge in [0.05, 0.1) is 12.1 Å². The Morgan fingerprint density at radius 1 is 0.921 bits per heavy atom. The molecule has 11 N–H and O–H groups in total. The number of carbonyl (C=O) groups is 4. The predicted molar refractivity (Wildman–Crippen MR) is 143 cm³/mol. The van der Waals surface area contributed by atoms with Crippen molar-refractivity contribution in [1.29, 1.82) is 0 Å². The summed E-state index contributed by atoms with van der Waals surface area (Å²) in [6.07, 6.45) is -0.452. The topological polar surface area (TPSA) is 235 Å². The molecule has 0 fully saturated rings. The Balaban J connectivity index is 3.15. The zero-order valence-corrected chi connectivity index (χ0v) is 22.1. The van der Waals surface area contributed by atoms with Gasteiger partial charge in [0.2, 0.25) is 17.7 Å². The second-order valence-electron chi connectivity index (χ2n) is 9.56. The molecule has 3 amide bonds. The third-order valence-corrected chi connectivity index (χ3v) is 5.60. The number of aliphatic hydroxyl groups is 1. The molecule has 38 heavy (non-hydrogen) atoms. The van der Waals surface area contributed by atoms with E-state index in [0.29, 0.717) is 18.4 Å². The van der Waals surface area contributed by atoms with Crippen LogP contribution in [0.15, 0.2) is 35.3 Å². The molecule has 0 heterocycles. The fraction of sp³-hybridized carbons (Fsp3) is 0.560. The molecular weight excluding hydrogens is 494 g/mol. The Bertz CT molecular complexity index is 951. The van der Waals surface area contributed by atoms with Crippen LogP contribution in [0.5, 0.6) is 0 Å². The maximum Gasteiger partial charge on any atom is 0.328 e. The Labute approximate surface area is 222 Å². The SMILES string of the molecule is CC(C)CC(N)C(=O)NC(CCCN=C(N)N)C(=O)NC(Cc1ccccc1)C(=O)NC(C(=O)O)C(C)O. The van der Waals surface area contributed by atoms with Gasteiger partial charge in [-0.1, -0.05) is 44.2 Å². The van der Waals surface area contributed by atoms with Gasteiger partial charge >= 0.3 is 5.97 Å². The number of carboxylic acid groups (broad SMARTS) is 1. The Morgan fingerprint density at radius 2 is 1.50 bits per heavy atom. The maximum absolute atomic E-state index is 13.3. The molecule has 0 aliphatic rings. The first-order valence-electron chi connectivity index (χ1n) is 12.5. The number of aliphatic imine (C=N–C) groups is 1. The second kappa shape index (κ2) is 16.2. The third kappa shape index (κ3) is 12.0. The van der Waals surface area contributed by atoms with Crippen molar-refractivity contribution in [2.45, 2.75) is 76.7 Å². The highest BCUT2D eigenvalue weighted by Crippen LogP contribution is 2.08. The van der Waals surface area contributed by atoms with E-state index in [1.165, 1.54) is 6.92 Å². The number of nitrogens with one attached hydrogen (secondary N) is 3. The molecule has 0 saturated heterocycles. The summed E-state index contributed by atoms with van der Waals surface area (Å²) >= 11 is 0. The number of rotatable bonds is 16. The molecule has 0 spiro atoms. The molecule has 212 valence electrons. The zero-order valence-electron chi connectivity index (χ0n) is 22.1. The lowest BCUT2D eigenvalue weighted by Gasteiger charge is -2.26. The van der Waals surface area contributed by atoms with E-state index in [2.05, 4.69) is 20.9 Å². The molecule has 0 aromatic heterocycles. The first-order valence-corrected chi connectivity index (χ1v) is 12.5. The van der Waals surface area contributed by atoms with Crippen molar-refractivity contribution in [3.05, 3.63) is 35.9 Å². The largest absolute Gasteiger partial charge is 0.480 e. The molecule has 0 saturated carbocycles. The Morgan fingerprint density at radius 3 is 2.03 bits per heavy atom. The molecule has 5 unspecified atom stereocenters. The summed E-state index contributed by atoms with van der Waals surface area (Å²) in [7, 11) is 0. The first-order chi connectivity index (χ1) is 17.8. The minimum atomic E-state index is -1.58. The fourth-order valence-electron chi connectivity index (χ4n) is 3.64. The van der Waals surface area contributed by atoms with Crippen LogP contribution >= 0.6 is 0 Å². The van der Waals surface area contributed by atoms with Crippen molar-refractivity contribution in [2.24, 2.45) is 28.1 Å². The summed E-state index contributed by atoms with van der Waals surface area (Å²) in [5.74, 6) is -3.39. The molecule has 0 aliphatic carbocycles. The highest BCUT2D eigenvalue weighted by Gasteiger charge is 2.32. The van der Waals surface area contributed by atoms with Crippen molar-refractivity contribution >= 4 is 29.7 Å². The molecule has 0 aliphatic heterocycles. The molecular formula is C25H41N7O6. The first kappa shape index (κ1) is 32.3. The van der Waals surface area contributed by atoms with Crippen molar-refractivity contribution < 1.29 is 29.4 Å². The van der Waals surface area contributed by atoms with Crippen molar-refractivity contribution in [3.63, 3.8) is 0 Å². The number of aliphatic carboxylic acids is 1. The number of carboxylic acids is 1. The minimum Gasteiger partial charge on any atom is -0.480 e. The number of carbonyl (C=O) groups excluding carboxylic acids is 3. The van der Waals surface area contributed by atoms with Gasteiger partial charge in [0, 0.05) is 13.0 Å². The monoisotopic (exact) mass is 535 g/mol. The van der Waals surface area contributed by atoms with Crippen LogP contribution in [0.3, 0.4) is 0 Å². The van der Waals surface area contributed by atoms with Gasteiger partial charge in [0.1, 0.15) is 12.1 Å². The van der Waals surface area contributed by atoms with Gasteiger partial charge in [-0.25, -0.2) is 4.79 Å². The van der Waals surface area contributed by atoms with E-state index < -0.39 is 54.0 Å². The third-order valence-electron chi connectivity index (χ3n) is 5.60. The van der Waals surface area contributed by atoms with E-state index in [4.69, 9.17) is 17.2 Å². The van der Waals surface area contributed by atoms with Gasteiger partial charge in [0.25, 0.3) is 0 Å². The van der Waals surface area contributed by atoms with E-state index >= 15 is 0 Å². The van der Waals surface area contributed by atoms with E-state index in [1.807, 2.05) is 13.8 Å². The average Bonchev–Trinajstić information content (AvgIpc) is 2.83. The zero-order chi connectivity index (χ0) is 28.8. The van der Waals surface area contributed by atoms with Gasteiger partial charge in [-0.2, -0.15) is 0 Å². The molecule has 13 heteroatoms. The van der Waals surface area contributed by atoms with Crippen LogP contribution in [0.4, 0.5) is 0 Å². The number of amides is 3. The normalized spacial score (nSPS) is 14.9. The van der Waals surface area contributed by atoms with Crippen LogP contribution in [-0.2, 0) is 25.6 Å². The Hall–Kier alpha value is -3.71. The number of hydrogen-bond acceptors (Lipinski definition) is 7. The molecule has 5 atom stereocenters. The van der Waals surface area contributed by atoms with Crippen molar-refractivity contribution in [3.8, 4) is 0 Å². The summed E-state index contributed by atoms with van der Waals surface area (Å²) in [5, 5.41) is 26.7. The average molecular weight is 536 g/mol. The number of guanidine groups is 1. The summed E-state index contributed by atoms with van der Waals surface area (Å²) in [6.45, 7) is 5.27. The van der Waals surface area contributed by atoms with Crippen LogP contribution in [0.2, 0.25) is 0 Å². The smallest absolute Gasteiger partial charge is 0.328 e. The van der Waals surface area contributed by atoms with E-state index in [1.54, 1.807) is 30.3 Å². The van der Waals surface area contributed by atoms with Gasteiger partial charge in [-0.05, 0) is 37.7 Å². The number of aliphatic hydroxyl groups excluding tert-OH is 1. The molecule has 13 nitrogen and oxygen atoms in total. The highest BCUT2D eigenvalue weighted by molar-refractivity contribution is 5.94. The fourth-order valence-corrected chi connectivity index (χ4v) is 3.64. The number of nitrogens with zero attached hydrogens (tertiary/aromatic N) is 1. The Kier molecular flexibility index (Phi) is 13.8. The maximum atomic E-state index is 13.3. The summed E-state index contributed by atoms with van der Waals surface area (Å²) < 4.78 is 0. The van der Waals surface area contributed by atoms with Gasteiger partial charge in [-0.3, -0.25) is 19.4 Å². The lowest BCUT2D eigenvalue weighted by Crippen LogP contribution is -2.58. The quantitative estimate of drug-likeness (QED) is 0.0703. The minimum absolute atomic E-state index is 0.0338. The standard InChI is InChI=1S/C25H41N7O6/c1-14(2)12-17(26)21(34)30-18(10-7-11-29-25(27)28)22(35)31-19(13-16-8-5-4-6-9-16)23(36)32-20(15(3)33)24(37)38/h4-6,8-9,14-15,17-20,33H,7,10-13,26H2,1-3H3,(H,30,34)(H,31,35)(H,32,36)(H,37,38)(H4,27,28,29). The van der Waals surface area contributed by atoms with Crippen molar-refractivity contribution in [1.82, 2.24) is 16.0 Å². The van der Waals surface area contributed by atoms with Gasteiger partial charge < -0.3 is 43.4 Å². The van der Waals surface area contributed by atoms with E-state index in [-0.39, 0.29) is 31.3 Å². The molecule has 1 aromatic carbocycles. The summed E-state index contributed by atoms with van der Waals surface area (Å²) in [5.41, 5.74) is 17.4. The molecule has 0 radical (unpaired) electrons. The number of hydrogen-bond donors (Lipinski definition) is 8. The molecule has 1 aromatic rings. The highest BCUT2D eigenvalue weighted by atomic mass is 16.4. The van der Waals surface area contributed by atoms with Crippen LogP contribution < -0.4 is 33.2 Å². The van der Waals surface area contributed by atoms with Crippen molar-refractivity contribution in [2.75, 3.05) is 6.54 Å². The van der Waals surface area contributed by atoms with Crippen LogP contribution in [0, 0.1) is 5.92 Å². The van der Waals surface area contributed by atoms with Crippen LogP contribution in [-0.4, -0.2) is 76.7 Å². The summed E-state index contributed by atoms with van der Waals surface area (Å²) in [6, 6.07) is 4.10. The number of benzene rings is 1. The van der Waals surface area contributed by atoms with Crippen LogP contribution in [0.25, 0.3) is 0 Å². The predicted octanol–water partition coefficient (Wildman–Crippen LogP) is -1.42. The lowest BCUT2D eigenvalue weighted by atomic mass is 10.0. The van der Waals surface area contributed by atoms with Crippen LogP contribution in [0.1, 0.15) is 45.6 Å². The van der Waals surface area contributed by atoms with Gasteiger partial charge in [0.15, 0.2) is 12.0 Å².